The van der Waals surface area contributed by atoms with Crippen molar-refractivity contribution in [1.29, 1.82) is 0 Å². The fourth-order valence-corrected chi connectivity index (χ4v) is 6.72. The van der Waals surface area contributed by atoms with Crippen molar-refractivity contribution in [2.45, 2.75) is 31.0 Å². The van der Waals surface area contributed by atoms with Gasteiger partial charge in [0.1, 0.15) is 5.69 Å². The number of para-hydroxylation sites is 1. The Kier molecular flexibility index (Phi) is 7.12. The van der Waals surface area contributed by atoms with Crippen LogP contribution in [0.15, 0.2) is 125 Å². The molecule has 0 saturated heterocycles. The van der Waals surface area contributed by atoms with E-state index in [1.807, 2.05) is 88.8 Å². The molecule has 5 aromatic rings. The summed E-state index contributed by atoms with van der Waals surface area (Å²) < 4.78 is 2.61. The van der Waals surface area contributed by atoms with Crippen molar-refractivity contribution in [3.63, 3.8) is 0 Å². The number of hydrogen-bond acceptors (Lipinski definition) is 6. The Labute approximate surface area is 258 Å². The summed E-state index contributed by atoms with van der Waals surface area (Å²) in [5, 5.41) is 24.8. The van der Waals surface area contributed by atoms with Crippen molar-refractivity contribution in [3.8, 4) is 0 Å². The minimum absolute atomic E-state index is 0.0253. The maximum atomic E-state index is 15.3. The predicted molar refractivity (Wildman–Crippen MR) is 170 cm³/mol. The summed E-state index contributed by atoms with van der Waals surface area (Å²) in [5.41, 5.74) is 4.83. The summed E-state index contributed by atoms with van der Waals surface area (Å²) in [5.74, 6) is -0.404. The van der Waals surface area contributed by atoms with Crippen molar-refractivity contribution in [1.82, 2.24) is 15.0 Å². The quantitative estimate of drug-likeness (QED) is 0.231. The first kappa shape index (κ1) is 27.2. The van der Waals surface area contributed by atoms with Gasteiger partial charge >= 0.3 is 0 Å². The highest BCUT2D eigenvalue weighted by Gasteiger charge is 2.64. The lowest BCUT2D eigenvalue weighted by atomic mass is 9.72. The van der Waals surface area contributed by atoms with Gasteiger partial charge in [-0.3, -0.25) is 9.48 Å². The largest absolute Gasteiger partial charge is 0.390 e. The van der Waals surface area contributed by atoms with Gasteiger partial charge < -0.3 is 10.0 Å². The van der Waals surface area contributed by atoms with Crippen LogP contribution in [-0.2, 0) is 23.5 Å². The zero-order chi connectivity index (χ0) is 29.4. The third-order valence-electron chi connectivity index (χ3n) is 8.19. The number of nitrogens with zero attached hydrogens (tertiary/aromatic N) is 6. The number of benzene rings is 4. The molecule has 43 heavy (non-hydrogen) atoms. The van der Waals surface area contributed by atoms with E-state index < -0.39 is 5.54 Å². The third kappa shape index (κ3) is 4.56. The molecule has 2 unspecified atom stereocenters. The molecule has 9 heteroatoms. The molecule has 1 aromatic heterocycles. The Morgan fingerprint density at radius 3 is 2.26 bits per heavy atom. The maximum absolute atomic E-state index is 15.3. The molecule has 3 heterocycles. The second kappa shape index (κ2) is 11.2. The van der Waals surface area contributed by atoms with Gasteiger partial charge in [-0.2, -0.15) is 5.10 Å². The molecule has 214 valence electrons. The second-order valence-electron chi connectivity index (χ2n) is 10.7. The number of carbonyl (C=O) groups is 1. The van der Waals surface area contributed by atoms with E-state index in [0.717, 1.165) is 38.2 Å². The summed E-state index contributed by atoms with van der Waals surface area (Å²) in [6.45, 7) is 0.876. The van der Waals surface area contributed by atoms with Crippen LogP contribution in [0.3, 0.4) is 0 Å². The van der Waals surface area contributed by atoms with Gasteiger partial charge in [-0.05, 0) is 41.8 Å². The zero-order valence-electron chi connectivity index (χ0n) is 23.3. The van der Waals surface area contributed by atoms with Crippen molar-refractivity contribution in [3.05, 3.63) is 142 Å². The van der Waals surface area contributed by atoms with E-state index in [0.29, 0.717) is 25.2 Å². The van der Waals surface area contributed by atoms with Gasteiger partial charge in [0, 0.05) is 23.1 Å². The first-order valence-electron chi connectivity index (χ1n) is 14.3. The van der Waals surface area contributed by atoms with Crippen LogP contribution in [0, 0.1) is 0 Å². The zero-order valence-corrected chi connectivity index (χ0v) is 24.9. The van der Waals surface area contributed by atoms with E-state index in [1.165, 1.54) is 0 Å². The molecule has 2 atom stereocenters. The number of amides is 1. The van der Waals surface area contributed by atoms with E-state index >= 15 is 4.79 Å². The average Bonchev–Trinajstić information content (AvgIpc) is 3.73. The molecule has 7 rings (SSSR count). The number of aliphatic hydroxyl groups is 1. The highest BCUT2D eigenvalue weighted by Crippen LogP contribution is 2.57. The predicted octanol–water partition coefficient (Wildman–Crippen LogP) is 5.87. The first-order valence-corrected chi connectivity index (χ1v) is 15.1. The lowest BCUT2D eigenvalue weighted by Crippen LogP contribution is -2.53. The van der Waals surface area contributed by atoms with Gasteiger partial charge in [0.2, 0.25) is 0 Å². The number of anilines is 2. The van der Waals surface area contributed by atoms with E-state index in [4.69, 9.17) is 5.10 Å². The fraction of sp³-hybridized carbons (Fsp3) is 0.176. The first-order chi connectivity index (χ1) is 21.1. The summed E-state index contributed by atoms with van der Waals surface area (Å²) in [4.78, 5) is 17.2. The average molecular weight is 634 g/mol. The number of aromatic nitrogens is 3. The number of halogens is 1. The molecular formula is C34H29BrN6O2. The summed E-state index contributed by atoms with van der Waals surface area (Å²) >= 11 is 3.67. The van der Waals surface area contributed by atoms with Crippen molar-refractivity contribution in [2.75, 3.05) is 16.5 Å². The molecule has 0 aliphatic carbocycles. The van der Waals surface area contributed by atoms with Gasteiger partial charge in [0.25, 0.3) is 5.91 Å². The molecule has 0 bridgehead atoms. The lowest BCUT2D eigenvalue weighted by Gasteiger charge is -2.38. The molecule has 2 aliphatic rings. The van der Waals surface area contributed by atoms with Gasteiger partial charge in [-0.15, -0.1) is 5.10 Å². The Balaban J connectivity index is 1.40. The highest BCUT2D eigenvalue weighted by atomic mass is 79.9. The summed E-state index contributed by atoms with van der Waals surface area (Å²) in [7, 11) is 0. The third-order valence-corrected chi connectivity index (χ3v) is 8.68. The molecular weight excluding hydrogens is 604 g/mol. The van der Waals surface area contributed by atoms with E-state index in [2.05, 4.69) is 56.6 Å². The topological polar surface area (TPSA) is 86.8 Å². The molecule has 1 spiro atoms. The molecule has 0 fully saturated rings. The number of aliphatic hydroxyl groups excluding tert-OH is 1. The van der Waals surface area contributed by atoms with Crippen LogP contribution in [0.5, 0.6) is 0 Å². The van der Waals surface area contributed by atoms with E-state index in [1.54, 1.807) is 10.9 Å². The Hall–Kier alpha value is -4.60. The lowest BCUT2D eigenvalue weighted by molar-refractivity contribution is -0.123. The van der Waals surface area contributed by atoms with Crippen LogP contribution in [-0.4, -0.2) is 38.3 Å². The van der Waals surface area contributed by atoms with Crippen molar-refractivity contribution < 1.29 is 9.90 Å². The van der Waals surface area contributed by atoms with Crippen LogP contribution in [0.4, 0.5) is 11.4 Å². The van der Waals surface area contributed by atoms with Gasteiger partial charge in [-0.1, -0.05) is 106 Å². The molecule has 0 radical (unpaired) electrons. The number of hydrazone groups is 1. The number of hydrogen-bond donors (Lipinski definition) is 1. The molecule has 4 aromatic carbocycles. The Morgan fingerprint density at radius 1 is 0.860 bits per heavy atom. The molecule has 8 nitrogen and oxygen atoms in total. The number of aryl methyl sites for hydroxylation is 1. The Bertz CT molecular complexity index is 1790. The van der Waals surface area contributed by atoms with Gasteiger partial charge in [0.05, 0.1) is 35.8 Å². The highest BCUT2D eigenvalue weighted by molar-refractivity contribution is 9.10. The maximum Gasteiger partial charge on any atom is 0.260 e. The minimum atomic E-state index is -1.15. The smallest absolute Gasteiger partial charge is 0.260 e. The fourth-order valence-electron chi connectivity index (χ4n) is 6.37. The van der Waals surface area contributed by atoms with Crippen LogP contribution in [0.2, 0.25) is 0 Å². The van der Waals surface area contributed by atoms with Crippen molar-refractivity contribution >= 4 is 38.9 Å². The number of carbonyl (C=O) groups excluding carboxylic acids is 1. The molecule has 1 N–H and O–H groups in total. The summed E-state index contributed by atoms with van der Waals surface area (Å²) in [6.07, 6.45) is 2.38. The van der Waals surface area contributed by atoms with Gasteiger partial charge in [0.15, 0.2) is 5.54 Å². The molecule has 2 aliphatic heterocycles. The second-order valence-corrected chi connectivity index (χ2v) is 11.6. The standard InChI is InChI=1S/C34H29BrN6O2/c35-26-17-18-29-30(21-26)40(20-10-19-39-22-27(23-42)36-38-39)33(43)34(29)31(24-11-4-1-5-12-24)32(25-13-6-2-7-14-25)37-41(34)28-15-8-3-9-16-28/h1-9,11-18,21-22,31,42H,10,19-20,23H2. The SMILES string of the molecule is O=C1N(CCCn2cc(CO)nn2)c2cc(Br)ccc2C12C(c1ccccc1)C(c1ccccc1)=NN2c1ccccc1. The van der Waals surface area contributed by atoms with E-state index in [-0.39, 0.29) is 18.4 Å². The normalized spacial score (nSPS) is 19.3. The van der Waals surface area contributed by atoms with Crippen LogP contribution < -0.4 is 9.91 Å². The monoisotopic (exact) mass is 632 g/mol. The summed E-state index contributed by atoms with van der Waals surface area (Å²) in [6, 6.07) is 36.5. The van der Waals surface area contributed by atoms with Gasteiger partial charge in [-0.25, -0.2) is 5.01 Å². The van der Waals surface area contributed by atoms with Crippen LogP contribution in [0.1, 0.15) is 34.7 Å². The van der Waals surface area contributed by atoms with Crippen LogP contribution in [0.25, 0.3) is 0 Å². The van der Waals surface area contributed by atoms with Crippen LogP contribution >= 0.6 is 15.9 Å². The molecule has 0 saturated carbocycles. The minimum Gasteiger partial charge on any atom is -0.390 e. The van der Waals surface area contributed by atoms with E-state index in [9.17, 15) is 5.11 Å². The Morgan fingerprint density at radius 2 is 1.56 bits per heavy atom. The molecule has 1 amide bonds. The number of fused-ring (bicyclic) bond motifs is 2. The number of rotatable bonds is 8. The van der Waals surface area contributed by atoms with Crippen molar-refractivity contribution in [2.24, 2.45) is 5.10 Å².